The Balaban J connectivity index is 2.02. The maximum atomic E-state index is 5.51. The molecule has 1 heterocycles. The molecule has 3 heteroatoms. The zero-order chi connectivity index (χ0) is 7.23. The molecule has 0 spiro atoms. The molecule has 0 bridgehead atoms. The molecule has 0 atom stereocenters. The molecule has 1 saturated heterocycles. The molecule has 2 nitrogen and oxygen atoms in total. The zero-order valence-corrected chi connectivity index (χ0v) is 7.56. The highest BCUT2D eigenvalue weighted by atomic mass is 28.3. The summed E-state index contributed by atoms with van der Waals surface area (Å²) in [7, 11) is -0.811. The summed E-state index contributed by atoms with van der Waals surface area (Å²) in [6, 6.07) is 1.19. The Bertz CT molecular complexity index is 81.7. The van der Waals surface area contributed by atoms with E-state index in [2.05, 4.69) is 6.92 Å². The molecule has 59 valence electrons. The first-order chi connectivity index (χ1) is 4.93. The van der Waals surface area contributed by atoms with Crippen LogP contribution in [0.1, 0.15) is 26.2 Å². The van der Waals surface area contributed by atoms with Crippen LogP contribution in [0.2, 0.25) is 6.04 Å². The smallest absolute Gasteiger partial charge is 0.384 e. The van der Waals surface area contributed by atoms with Crippen molar-refractivity contribution in [2.75, 3.05) is 13.2 Å². The fraction of sp³-hybridized carbons (Fsp3) is 1.00. The van der Waals surface area contributed by atoms with Gasteiger partial charge in [0.2, 0.25) is 0 Å². The van der Waals surface area contributed by atoms with E-state index >= 15 is 0 Å². The summed E-state index contributed by atoms with van der Waals surface area (Å²) in [5.74, 6) is 0. The molecule has 1 aliphatic rings. The van der Waals surface area contributed by atoms with Crippen LogP contribution in [0.4, 0.5) is 0 Å². The molecular formula is C7H15O2Si. The van der Waals surface area contributed by atoms with Crippen LogP contribution in [0.25, 0.3) is 0 Å². The third kappa shape index (κ3) is 2.81. The quantitative estimate of drug-likeness (QED) is 0.584. The molecule has 0 amide bonds. The maximum Gasteiger partial charge on any atom is 0.384 e. The van der Waals surface area contributed by atoms with Crippen molar-refractivity contribution in [2.24, 2.45) is 0 Å². The Kier molecular flexibility index (Phi) is 4.02. The van der Waals surface area contributed by atoms with E-state index in [1.165, 1.54) is 18.9 Å². The third-order valence-electron chi connectivity index (χ3n) is 1.51. The van der Waals surface area contributed by atoms with Crippen molar-refractivity contribution in [1.29, 1.82) is 0 Å². The maximum absolute atomic E-state index is 5.51. The lowest BCUT2D eigenvalue weighted by atomic mass is 10.4. The zero-order valence-electron chi connectivity index (χ0n) is 6.56. The van der Waals surface area contributed by atoms with Crippen molar-refractivity contribution in [1.82, 2.24) is 0 Å². The minimum Gasteiger partial charge on any atom is -0.393 e. The summed E-state index contributed by atoms with van der Waals surface area (Å²) in [5, 5.41) is 0. The second-order valence-corrected chi connectivity index (χ2v) is 4.35. The minimum absolute atomic E-state index is 0.811. The molecule has 10 heavy (non-hydrogen) atoms. The Morgan fingerprint density at radius 2 is 2.40 bits per heavy atom. The van der Waals surface area contributed by atoms with E-state index in [9.17, 15) is 0 Å². The second kappa shape index (κ2) is 4.88. The predicted molar refractivity (Wildman–Crippen MR) is 42.0 cm³/mol. The van der Waals surface area contributed by atoms with E-state index in [-0.39, 0.29) is 0 Å². The van der Waals surface area contributed by atoms with Crippen LogP contribution in [0.5, 0.6) is 0 Å². The molecule has 0 unspecified atom stereocenters. The first-order valence-corrected chi connectivity index (χ1v) is 5.57. The van der Waals surface area contributed by atoms with Crippen molar-refractivity contribution in [2.45, 2.75) is 32.2 Å². The summed E-state index contributed by atoms with van der Waals surface area (Å²) in [6.45, 7) is 3.94. The van der Waals surface area contributed by atoms with Crippen LogP contribution >= 0.6 is 0 Å². The van der Waals surface area contributed by atoms with E-state index in [1.54, 1.807) is 0 Å². The summed E-state index contributed by atoms with van der Waals surface area (Å²) < 4.78 is 11.0. The molecule has 1 aliphatic heterocycles. The molecular weight excluding hydrogens is 144 g/mol. The Morgan fingerprint density at radius 3 is 3.00 bits per heavy atom. The Morgan fingerprint density at radius 1 is 1.50 bits per heavy atom. The Hall–Kier alpha value is 0.137. The standard InChI is InChI=1S/C7H15O2Si/c1-2-5-8-10-7-4-3-6-9-10/h2-7H2,1H3. The summed E-state index contributed by atoms with van der Waals surface area (Å²) in [5.41, 5.74) is 0. The van der Waals surface area contributed by atoms with Crippen molar-refractivity contribution >= 4 is 9.28 Å². The highest BCUT2D eigenvalue weighted by molar-refractivity contribution is 6.44. The van der Waals surface area contributed by atoms with Gasteiger partial charge in [-0.2, -0.15) is 0 Å². The van der Waals surface area contributed by atoms with E-state index in [1.807, 2.05) is 0 Å². The average Bonchev–Trinajstić information content (AvgIpc) is 2.03. The van der Waals surface area contributed by atoms with Crippen LogP contribution in [0.15, 0.2) is 0 Å². The van der Waals surface area contributed by atoms with Gasteiger partial charge in [-0.15, -0.1) is 0 Å². The van der Waals surface area contributed by atoms with E-state index < -0.39 is 9.28 Å². The van der Waals surface area contributed by atoms with E-state index in [0.717, 1.165) is 19.6 Å². The van der Waals surface area contributed by atoms with Crippen molar-refractivity contribution in [3.8, 4) is 0 Å². The van der Waals surface area contributed by atoms with Crippen LogP contribution < -0.4 is 0 Å². The Labute approximate surface area is 64.4 Å². The molecule has 1 radical (unpaired) electrons. The van der Waals surface area contributed by atoms with Gasteiger partial charge in [-0.25, -0.2) is 0 Å². The van der Waals surface area contributed by atoms with Gasteiger partial charge in [-0.1, -0.05) is 6.92 Å². The highest BCUT2D eigenvalue weighted by Crippen LogP contribution is 2.11. The SMILES string of the molecule is CCCO[Si]1CCCCO1. The lowest BCUT2D eigenvalue weighted by molar-refractivity contribution is 0.177. The molecule has 0 N–H and O–H groups in total. The van der Waals surface area contributed by atoms with Gasteiger partial charge in [0, 0.05) is 13.2 Å². The predicted octanol–water partition coefficient (Wildman–Crippen LogP) is 1.71. The van der Waals surface area contributed by atoms with Crippen molar-refractivity contribution in [3.05, 3.63) is 0 Å². The van der Waals surface area contributed by atoms with Crippen LogP contribution in [0.3, 0.4) is 0 Å². The van der Waals surface area contributed by atoms with Crippen LogP contribution in [0, 0.1) is 0 Å². The molecule has 0 saturated carbocycles. The van der Waals surface area contributed by atoms with Gasteiger partial charge >= 0.3 is 9.28 Å². The molecule has 1 fully saturated rings. The lowest BCUT2D eigenvalue weighted by Gasteiger charge is -2.18. The normalized spacial score (nSPS) is 21.3. The fourth-order valence-corrected chi connectivity index (χ4v) is 2.67. The number of hydrogen-bond acceptors (Lipinski definition) is 2. The molecule has 0 aromatic carbocycles. The van der Waals surface area contributed by atoms with Crippen LogP contribution in [-0.4, -0.2) is 22.5 Å². The van der Waals surface area contributed by atoms with E-state index in [4.69, 9.17) is 8.85 Å². The topological polar surface area (TPSA) is 18.5 Å². The van der Waals surface area contributed by atoms with Gasteiger partial charge < -0.3 is 8.85 Å². The van der Waals surface area contributed by atoms with Crippen molar-refractivity contribution in [3.63, 3.8) is 0 Å². The lowest BCUT2D eigenvalue weighted by Crippen LogP contribution is -2.27. The first-order valence-electron chi connectivity index (χ1n) is 4.05. The van der Waals surface area contributed by atoms with Gasteiger partial charge in [0.25, 0.3) is 0 Å². The van der Waals surface area contributed by atoms with E-state index in [0.29, 0.717) is 0 Å². The number of hydrogen-bond donors (Lipinski definition) is 0. The summed E-state index contributed by atoms with van der Waals surface area (Å²) in [6.07, 6.45) is 3.64. The largest absolute Gasteiger partial charge is 0.393 e. The monoisotopic (exact) mass is 159 g/mol. The molecule has 1 rings (SSSR count). The third-order valence-corrected chi connectivity index (χ3v) is 3.32. The summed E-state index contributed by atoms with van der Waals surface area (Å²) >= 11 is 0. The van der Waals surface area contributed by atoms with Gasteiger partial charge in [0.05, 0.1) is 0 Å². The van der Waals surface area contributed by atoms with Gasteiger partial charge in [0.15, 0.2) is 0 Å². The second-order valence-electron chi connectivity index (χ2n) is 2.53. The van der Waals surface area contributed by atoms with Crippen LogP contribution in [-0.2, 0) is 8.85 Å². The fourth-order valence-electron chi connectivity index (χ4n) is 0.959. The molecule has 0 aliphatic carbocycles. The highest BCUT2D eigenvalue weighted by Gasteiger charge is 2.18. The molecule has 0 aromatic rings. The van der Waals surface area contributed by atoms with Gasteiger partial charge in [-0.3, -0.25) is 0 Å². The first kappa shape index (κ1) is 8.24. The summed E-state index contributed by atoms with van der Waals surface area (Å²) in [4.78, 5) is 0. The molecule has 0 aromatic heterocycles. The number of rotatable bonds is 3. The van der Waals surface area contributed by atoms with Crippen molar-refractivity contribution < 1.29 is 8.85 Å². The van der Waals surface area contributed by atoms with Gasteiger partial charge in [0.1, 0.15) is 0 Å². The average molecular weight is 159 g/mol. The van der Waals surface area contributed by atoms with Gasteiger partial charge in [-0.05, 0) is 25.3 Å². The minimum atomic E-state index is -0.811.